The second kappa shape index (κ2) is 7.03. The van der Waals surface area contributed by atoms with E-state index in [9.17, 15) is 13.6 Å². The fourth-order valence-electron chi connectivity index (χ4n) is 1.05. The fourth-order valence-corrected chi connectivity index (χ4v) is 1.59. The zero-order valence-corrected chi connectivity index (χ0v) is 12.0. The van der Waals surface area contributed by atoms with Gasteiger partial charge in [0.05, 0.1) is 19.8 Å². The molecule has 0 saturated heterocycles. The van der Waals surface area contributed by atoms with Gasteiger partial charge in [-0.05, 0) is 29.3 Å². The number of rotatable bonds is 3. The number of hydrogen-bond acceptors (Lipinski definition) is 5. The van der Waals surface area contributed by atoms with E-state index >= 15 is 0 Å². The summed E-state index contributed by atoms with van der Waals surface area (Å²) in [6.07, 6.45) is 0. The van der Waals surface area contributed by atoms with Gasteiger partial charge < -0.3 is 14.0 Å². The molecular formula is C9H9NaO5S. The van der Waals surface area contributed by atoms with Crippen molar-refractivity contribution in [3.63, 3.8) is 0 Å². The largest absolute Gasteiger partial charge is 1.00 e. The van der Waals surface area contributed by atoms with Gasteiger partial charge in [-0.25, -0.2) is 4.79 Å². The number of esters is 1. The molecule has 0 saturated carbocycles. The summed E-state index contributed by atoms with van der Waals surface area (Å²) in [6, 6.07) is 4.09. The number of hydrogen-bond donors (Lipinski definition) is 0. The molecule has 7 heteroatoms. The van der Waals surface area contributed by atoms with Crippen LogP contribution >= 0.6 is 0 Å². The third-order valence-electron chi connectivity index (χ3n) is 1.77. The molecule has 5 nitrogen and oxygen atoms in total. The van der Waals surface area contributed by atoms with Crippen molar-refractivity contribution in [3.05, 3.63) is 23.8 Å². The quantitative estimate of drug-likeness (QED) is 0.344. The summed E-state index contributed by atoms with van der Waals surface area (Å²) in [5, 5.41) is 0. The molecule has 0 heterocycles. The number of methoxy groups -OCH3 is 2. The van der Waals surface area contributed by atoms with Crippen molar-refractivity contribution < 1.29 is 52.6 Å². The fraction of sp³-hybridized carbons (Fsp3) is 0.222. The summed E-state index contributed by atoms with van der Waals surface area (Å²) in [5.41, 5.74) is -0.00775. The Morgan fingerprint density at radius 3 is 2.44 bits per heavy atom. The standard InChI is InChI=1S/C9H10O5S.Na/c1-13-6-3-4-7(9(10)14-2)8(5-6)15(11)12;/h3-5H,1-2H3,(H,11,12);/q;+1/p-1. The van der Waals surface area contributed by atoms with Gasteiger partial charge in [0.25, 0.3) is 0 Å². The van der Waals surface area contributed by atoms with E-state index in [1.165, 1.54) is 32.4 Å². The molecule has 0 fully saturated rings. The molecule has 0 spiro atoms. The average molecular weight is 252 g/mol. The molecule has 0 N–H and O–H groups in total. The number of carbonyl (C=O) groups excluding carboxylic acids is 1. The van der Waals surface area contributed by atoms with Crippen LogP contribution in [0.1, 0.15) is 10.4 Å². The maximum Gasteiger partial charge on any atom is 1.00 e. The first kappa shape index (κ1) is 15.6. The summed E-state index contributed by atoms with van der Waals surface area (Å²) in [6.45, 7) is 0. The first-order valence-corrected chi connectivity index (χ1v) is 5.03. The molecule has 0 amide bonds. The molecule has 1 atom stereocenters. The Morgan fingerprint density at radius 2 is 2.00 bits per heavy atom. The van der Waals surface area contributed by atoms with Crippen LogP contribution in [0.4, 0.5) is 0 Å². The van der Waals surface area contributed by atoms with E-state index in [2.05, 4.69) is 4.74 Å². The Balaban J connectivity index is 0.00000225. The summed E-state index contributed by atoms with van der Waals surface area (Å²) in [4.78, 5) is 11.1. The van der Waals surface area contributed by atoms with Crippen molar-refractivity contribution in [1.29, 1.82) is 0 Å². The first-order chi connectivity index (χ1) is 7.10. The van der Waals surface area contributed by atoms with Crippen LogP contribution in [0.5, 0.6) is 5.75 Å². The van der Waals surface area contributed by atoms with Crippen LogP contribution in [0.25, 0.3) is 0 Å². The predicted octanol–water partition coefficient (Wildman–Crippen LogP) is -2.28. The van der Waals surface area contributed by atoms with Gasteiger partial charge in [-0.3, -0.25) is 4.21 Å². The Hall–Kier alpha value is -0.400. The molecule has 1 unspecified atom stereocenters. The van der Waals surface area contributed by atoms with Gasteiger partial charge in [0.1, 0.15) is 5.75 Å². The summed E-state index contributed by atoms with van der Waals surface area (Å²) < 4.78 is 31.0. The minimum atomic E-state index is -2.51. The first-order valence-electron chi connectivity index (χ1n) is 3.95. The Kier molecular flexibility index (Phi) is 6.85. The van der Waals surface area contributed by atoms with E-state index < -0.39 is 17.0 Å². The zero-order valence-electron chi connectivity index (χ0n) is 9.18. The van der Waals surface area contributed by atoms with E-state index in [0.717, 1.165) is 0 Å². The number of ether oxygens (including phenoxy) is 2. The van der Waals surface area contributed by atoms with Gasteiger partial charge in [-0.1, -0.05) is 0 Å². The second-order valence-electron chi connectivity index (χ2n) is 2.59. The predicted molar refractivity (Wildman–Crippen MR) is 51.5 cm³/mol. The molecule has 0 bridgehead atoms. The van der Waals surface area contributed by atoms with Crippen LogP contribution in [0.15, 0.2) is 23.1 Å². The molecule has 1 aromatic carbocycles. The molecule has 0 aromatic heterocycles. The topological polar surface area (TPSA) is 75.7 Å². The van der Waals surface area contributed by atoms with Crippen LogP contribution in [0.3, 0.4) is 0 Å². The van der Waals surface area contributed by atoms with Crippen molar-refractivity contribution in [2.45, 2.75) is 4.90 Å². The van der Waals surface area contributed by atoms with Gasteiger partial charge >= 0.3 is 35.5 Å². The normalized spacial score (nSPS) is 11.2. The van der Waals surface area contributed by atoms with Gasteiger partial charge in [0.15, 0.2) is 0 Å². The van der Waals surface area contributed by atoms with Crippen LogP contribution in [-0.4, -0.2) is 29.0 Å². The molecule has 0 aliphatic rings. The van der Waals surface area contributed by atoms with Crippen molar-refractivity contribution in [2.24, 2.45) is 0 Å². The third-order valence-corrected chi connectivity index (χ3v) is 2.47. The monoisotopic (exact) mass is 252 g/mol. The number of carbonyl (C=O) groups is 1. The van der Waals surface area contributed by atoms with Crippen LogP contribution in [-0.2, 0) is 15.8 Å². The van der Waals surface area contributed by atoms with Crippen LogP contribution in [0, 0.1) is 0 Å². The summed E-state index contributed by atoms with van der Waals surface area (Å²) in [5.74, 6) is -0.335. The van der Waals surface area contributed by atoms with Crippen molar-refractivity contribution >= 4 is 17.0 Å². The molecule has 0 radical (unpaired) electrons. The Labute approximate surface area is 118 Å². The second-order valence-corrected chi connectivity index (χ2v) is 3.50. The molecule has 16 heavy (non-hydrogen) atoms. The minimum Gasteiger partial charge on any atom is -0.768 e. The van der Waals surface area contributed by atoms with Crippen molar-refractivity contribution in [2.75, 3.05) is 14.2 Å². The average Bonchev–Trinajstić information content (AvgIpc) is 2.27. The molecule has 82 valence electrons. The molecule has 0 aliphatic heterocycles. The van der Waals surface area contributed by atoms with Gasteiger partial charge in [0.2, 0.25) is 0 Å². The smallest absolute Gasteiger partial charge is 0.768 e. The molecule has 1 rings (SSSR count). The Morgan fingerprint density at radius 1 is 1.38 bits per heavy atom. The van der Waals surface area contributed by atoms with E-state index in [-0.39, 0.29) is 40.0 Å². The van der Waals surface area contributed by atoms with E-state index in [4.69, 9.17) is 4.74 Å². The maximum atomic E-state index is 11.2. The summed E-state index contributed by atoms with van der Waals surface area (Å²) in [7, 11) is 2.59. The number of benzene rings is 1. The molecular weight excluding hydrogens is 243 g/mol. The van der Waals surface area contributed by atoms with Gasteiger partial charge in [-0.2, -0.15) is 0 Å². The van der Waals surface area contributed by atoms with E-state index in [1.54, 1.807) is 0 Å². The van der Waals surface area contributed by atoms with E-state index in [1.807, 2.05) is 0 Å². The van der Waals surface area contributed by atoms with E-state index in [0.29, 0.717) is 5.75 Å². The third kappa shape index (κ3) is 3.57. The van der Waals surface area contributed by atoms with Crippen LogP contribution in [0.2, 0.25) is 0 Å². The summed E-state index contributed by atoms with van der Waals surface area (Å²) >= 11 is -2.51. The van der Waals surface area contributed by atoms with Crippen LogP contribution < -0.4 is 34.3 Å². The molecule has 1 aromatic rings. The molecule has 0 aliphatic carbocycles. The van der Waals surface area contributed by atoms with Gasteiger partial charge in [-0.15, -0.1) is 0 Å². The van der Waals surface area contributed by atoms with Crippen molar-refractivity contribution in [1.82, 2.24) is 0 Å². The SMILES string of the molecule is COC(=O)c1ccc(OC)cc1S(=O)[O-].[Na+]. The van der Waals surface area contributed by atoms with Crippen molar-refractivity contribution in [3.8, 4) is 5.75 Å². The Bertz CT molecular complexity index is 407. The minimum absolute atomic E-state index is 0. The van der Waals surface area contributed by atoms with Gasteiger partial charge in [0, 0.05) is 4.90 Å². The zero-order chi connectivity index (χ0) is 11.4. The maximum absolute atomic E-state index is 11.2.